The lowest BCUT2D eigenvalue weighted by Gasteiger charge is -2.24. The molecule has 2 aromatic heterocycles. The summed E-state index contributed by atoms with van der Waals surface area (Å²) in [6.45, 7) is 2.08. The molecule has 0 aliphatic heterocycles. The first-order chi connectivity index (χ1) is 10.3. The van der Waals surface area contributed by atoms with Gasteiger partial charge in [0.1, 0.15) is 11.9 Å². The standard InChI is InChI=1S/C17H18N2OS/c1-2-13(18)17(16-9-5-11-21-16)20-15-8-3-7-14-12(15)6-4-10-19-14/h3-11,13,17H,2,18H2,1H3. The summed E-state index contributed by atoms with van der Waals surface area (Å²) in [6, 6.07) is 14.0. The normalized spacial score (nSPS) is 14.0. The molecule has 1 aromatic carbocycles. The average molecular weight is 298 g/mol. The molecule has 0 amide bonds. The lowest BCUT2D eigenvalue weighted by Crippen LogP contribution is -2.30. The maximum atomic E-state index is 6.27. The minimum Gasteiger partial charge on any atom is -0.483 e. The van der Waals surface area contributed by atoms with E-state index in [9.17, 15) is 0 Å². The van der Waals surface area contributed by atoms with Gasteiger partial charge < -0.3 is 10.5 Å². The van der Waals surface area contributed by atoms with Crippen LogP contribution >= 0.6 is 11.3 Å². The Kier molecular flexibility index (Phi) is 4.18. The fourth-order valence-corrected chi connectivity index (χ4v) is 3.17. The van der Waals surface area contributed by atoms with Crippen LogP contribution in [0, 0.1) is 0 Å². The van der Waals surface area contributed by atoms with E-state index in [1.54, 1.807) is 17.5 Å². The number of benzene rings is 1. The van der Waals surface area contributed by atoms with Gasteiger partial charge in [0.25, 0.3) is 0 Å². The summed E-state index contributed by atoms with van der Waals surface area (Å²) in [5.74, 6) is 0.836. The minimum atomic E-state index is -0.124. The Bertz CT molecular complexity index is 706. The number of pyridine rings is 1. The Morgan fingerprint density at radius 1 is 1.19 bits per heavy atom. The van der Waals surface area contributed by atoms with Crippen LogP contribution in [0.25, 0.3) is 10.9 Å². The molecule has 21 heavy (non-hydrogen) atoms. The molecule has 3 aromatic rings. The van der Waals surface area contributed by atoms with Crippen molar-refractivity contribution in [2.24, 2.45) is 5.73 Å². The van der Waals surface area contributed by atoms with Gasteiger partial charge in [-0.15, -0.1) is 11.3 Å². The van der Waals surface area contributed by atoms with Crippen molar-refractivity contribution in [3.63, 3.8) is 0 Å². The molecule has 4 heteroatoms. The van der Waals surface area contributed by atoms with E-state index in [4.69, 9.17) is 10.5 Å². The summed E-state index contributed by atoms with van der Waals surface area (Å²) in [6.07, 6.45) is 2.53. The van der Waals surface area contributed by atoms with Gasteiger partial charge in [-0.1, -0.05) is 19.1 Å². The minimum absolute atomic E-state index is 0.0319. The Balaban J connectivity index is 1.98. The Labute approximate surface area is 128 Å². The van der Waals surface area contributed by atoms with Crippen LogP contribution in [0.1, 0.15) is 24.3 Å². The van der Waals surface area contributed by atoms with Crippen molar-refractivity contribution >= 4 is 22.2 Å². The van der Waals surface area contributed by atoms with Crippen molar-refractivity contribution in [3.8, 4) is 5.75 Å². The maximum Gasteiger partial charge on any atom is 0.148 e. The van der Waals surface area contributed by atoms with E-state index in [0.29, 0.717) is 0 Å². The van der Waals surface area contributed by atoms with E-state index >= 15 is 0 Å². The molecule has 2 N–H and O–H groups in total. The van der Waals surface area contributed by atoms with E-state index in [1.807, 2.05) is 36.4 Å². The molecule has 0 spiro atoms. The van der Waals surface area contributed by atoms with E-state index in [0.717, 1.165) is 28.0 Å². The summed E-state index contributed by atoms with van der Waals surface area (Å²) >= 11 is 1.68. The van der Waals surface area contributed by atoms with Gasteiger partial charge >= 0.3 is 0 Å². The zero-order chi connectivity index (χ0) is 14.7. The number of hydrogen-bond acceptors (Lipinski definition) is 4. The Morgan fingerprint density at radius 3 is 2.86 bits per heavy atom. The maximum absolute atomic E-state index is 6.27. The number of thiophene rings is 1. The van der Waals surface area contributed by atoms with Crippen molar-refractivity contribution in [1.82, 2.24) is 4.98 Å². The number of fused-ring (bicyclic) bond motifs is 1. The van der Waals surface area contributed by atoms with Crippen LogP contribution < -0.4 is 10.5 Å². The zero-order valence-electron chi connectivity index (χ0n) is 11.9. The highest BCUT2D eigenvalue weighted by Gasteiger charge is 2.22. The molecule has 0 fully saturated rings. The fraction of sp³-hybridized carbons (Fsp3) is 0.235. The highest BCUT2D eigenvalue weighted by atomic mass is 32.1. The predicted octanol–water partition coefficient (Wildman–Crippen LogP) is 4.15. The second-order valence-corrected chi connectivity index (χ2v) is 5.93. The monoisotopic (exact) mass is 298 g/mol. The average Bonchev–Trinajstić information content (AvgIpc) is 3.06. The second kappa shape index (κ2) is 6.24. The summed E-state index contributed by atoms with van der Waals surface area (Å²) in [4.78, 5) is 5.53. The first kappa shape index (κ1) is 14.0. The van der Waals surface area contributed by atoms with Crippen LogP contribution in [-0.4, -0.2) is 11.0 Å². The van der Waals surface area contributed by atoms with Crippen molar-refractivity contribution in [2.75, 3.05) is 0 Å². The number of nitrogens with zero attached hydrogens (tertiary/aromatic N) is 1. The summed E-state index contributed by atoms with van der Waals surface area (Å²) in [5.41, 5.74) is 7.20. The van der Waals surface area contributed by atoms with Crippen LogP contribution in [0.5, 0.6) is 5.75 Å². The van der Waals surface area contributed by atoms with E-state index in [-0.39, 0.29) is 12.1 Å². The van der Waals surface area contributed by atoms with Crippen LogP contribution in [-0.2, 0) is 0 Å². The SMILES string of the molecule is CCC(N)C(Oc1cccc2ncccc12)c1cccs1. The highest BCUT2D eigenvalue weighted by Crippen LogP contribution is 2.32. The zero-order valence-corrected chi connectivity index (χ0v) is 12.7. The lowest BCUT2D eigenvalue weighted by molar-refractivity contribution is 0.177. The predicted molar refractivity (Wildman–Crippen MR) is 87.7 cm³/mol. The van der Waals surface area contributed by atoms with Crippen molar-refractivity contribution in [1.29, 1.82) is 0 Å². The molecule has 2 unspecified atom stereocenters. The molecule has 0 radical (unpaired) electrons. The Hall–Kier alpha value is -1.91. The smallest absolute Gasteiger partial charge is 0.148 e. The van der Waals surface area contributed by atoms with E-state index < -0.39 is 0 Å². The van der Waals surface area contributed by atoms with Gasteiger partial charge in [-0.25, -0.2) is 0 Å². The quantitative estimate of drug-likeness (QED) is 0.769. The first-order valence-corrected chi connectivity index (χ1v) is 7.97. The molecular weight excluding hydrogens is 280 g/mol. The van der Waals surface area contributed by atoms with Gasteiger partial charge in [-0.05, 0) is 42.1 Å². The number of hydrogen-bond donors (Lipinski definition) is 1. The van der Waals surface area contributed by atoms with Crippen LogP contribution in [0.3, 0.4) is 0 Å². The van der Waals surface area contributed by atoms with Gasteiger partial charge in [-0.3, -0.25) is 4.98 Å². The molecule has 0 saturated carbocycles. The first-order valence-electron chi connectivity index (χ1n) is 7.09. The fourth-order valence-electron chi connectivity index (χ4n) is 2.34. The van der Waals surface area contributed by atoms with Crippen LogP contribution in [0.2, 0.25) is 0 Å². The van der Waals surface area contributed by atoms with Crippen LogP contribution in [0.4, 0.5) is 0 Å². The summed E-state index contributed by atoms with van der Waals surface area (Å²) in [5, 5.41) is 3.07. The number of aromatic nitrogens is 1. The van der Waals surface area contributed by atoms with Gasteiger partial charge in [0.05, 0.1) is 5.52 Å². The Morgan fingerprint density at radius 2 is 2.10 bits per heavy atom. The van der Waals surface area contributed by atoms with Gasteiger partial charge in [-0.2, -0.15) is 0 Å². The molecule has 0 aliphatic rings. The topological polar surface area (TPSA) is 48.1 Å². The second-order valence-electron chi connectivity index (χ2n) is 4.95. The van der Waals surface area contributed by atoms with Crippen molar-refractivity contribution < 1.29 is 4.74 Å². The molecule has 2 atom stereocenters. The van der Waals surface area contributed by atoms with E-state index in [2.05, 4.69) is 23.4 Å². The molecular formula is C17H18N2OS. The van der Waals surface area contributed by atoms with E-state index in [1.165, 1.54) is 0 Å². The molecule has 2 heterocycles. The third-order valence-electron chi connectivity index (χ3n) is 3.54. The number of rotatable bonds is 5. The van der Waals surface area contributed by atoms with Gasteiger partial charge in [0.15, 0.2) is 0 Å². The lowest BCUT2D eigenvalue weighted by atomic mass is 10.1. The number of nitrogens with two attached hydrogens (primary N) is 1. The third-order valence-corrected chi connectivity index (χ3v) is 4.48. The van der Waals surface area contributed by atoms with Gasteiger partial charge in [0, 0.05) is 22.5 Å². The third kappa shape index (κ3) is 2.91. The largest absolute Gasteiger partial charge is 0.483 e. The molecule has 108 valence electrons. The number of ether oxygens (including phenoxy) is 1. The summed E-state index contributed by atoms with van der Waals surface area (Å²) < 4.78 is 6.27. The molecule has 3 rings (SSSR count). The highest BCUT2D eigenvalue weighted by molar-refractivity contribution is 7.10. The van der Waals surface area contributed by atoms with Gasteiger partial charge in [0.2, 0.25) is 0 Å². The molecule has 0 bridgehead atoms. The van der Waals surface area contributed by atoms with Crippen LogP contribution in [0.15, 0.2) is 54.0 Å². The molecule has 0 aliphatic carbocycles. The van der Waals surface area contributed by atoms with Crippen molar-refractivity contribution in [3.05, 3.63) is 58.9 Å². The summed E-state index contributed by atoms with van der Waals surface area (Å²) in [7, 11) is 0. The van der Waals surface area contributed by atoms with Crippen molar-refractivity contribution in [2.45, 2.75) is 25.5 Å². The molecule has 3 nitrogen and oxygen atoms in total. The molecule has 0 saturated heterocycles.